The van der Waals surface area contributed by atoms with Crippen molar-refractivity contribution in [2.45, 2.75) is 43.7 Å². The number of fused-ring (bicyclic) bond motifs is 3. The highest BCUT2D eigenvalue weighted by atomic mass is 32.1. The lowest BCUT2D eigenvalue weighted by Gasteiger charge is -2.46. The third-order valence-electron chi connectivity index (χ3n) is 6.25. The Bertz CT molecular complexity index is 730. The summed E-state index contributed by atoms with van der Waals surface area (Å²) in [6.45, 7) is 0. The number of benzene rings is 1. The molecule has 0 radical (unpaired) electrons. The minimum absolute atomic E-state index is 0.0623. The van der Waals surface area contributed by atoms with Crippen LogP contribution in [0.5, 0.6) is 0 Å². The van der Waals surface area contributed by atoms with Crippen LogP contribution in [0.4, 0.5) is 4.39 Å². The van der Waals surface area contributed by atoms with Crippen molar-refractivity contribution in [3.8, 4) is 0 Å². The van der Waals surface area contributed by atoms with E-state index in [4.69, 9.17) is 17.0 Å². The predicted octanol–water partition coefficient (Wildman–Crippen LogP) is 2.50. The number of hydrogen-bond acceptors (Lipinski definition) is 3. The summed E-state index contributed by atoms with van der Waals surface area (Å²) in [5, 5.41) is 3.73. The lowest BCUT2D eigenvalue weighted by Crippen LogP contribution is -2.56. The van der Waals surface area contributed by atoms with Crippen LogP contribution < -0.4 is 5.32 Å². The molecule has 4 nitrogen and oxygen atoms in total. The van der Waals surface area contributed by atoms with Gasteiger partial charge in [-0.05, 0) is 67.6 Å². The number of rotatable bonds is 1. The second kappa shape index (κ2) is 5.23. The van der Waals surface area contributed by atoms with Gasteiger partial charge in [-0.15, -0.1) is 0 Å². The fourth-order valence-electron chi connectivity index (χ4n) is 4.95. The Kier molecular flexibility index (Phi) is 3.48. The van der Waals surface area contributed by atoms with Crippen LogP contribution in [0.25, 0.3) is 0 Å². The van der Waals surface area contributed by atoms with Crippen molar-refractivity contribution in [3.05, 3.63) is 35.1 Å². The van der Waals surface area contributed by atoms with Crippen LogP contribution in [-0.2, 0) is 21.5 Å². The number of nitrogens with one attached hydrogen (secondary N) is 1. The highest BCUT2D eigenvalue weighted by Crippen LogP contribution is 2.59. The second-order valence-electron chi connectivity index (χ2n) is 7.24. The first-order chi connectivity index (χ1) is 11.4. The maximum atomic E-state index is 14.0. The largest absolute Gasteiger partial charge is 0.381 e. The topological polar surface area (TPSA) is 41.6 Å². The molecule has 1 aromatic rings. The van der Waals surface area contributed by atoms with Crippen molar-refractivity contribution >= 4 is 23.2 Å². The van der Waals surface area contributed by atoms with Crippen LogP contribution in [0.3, 0.4) is 0 Å². The fourth-order valence-corrected chi connectivity index (χ4v) is 5.19. The number of carbonyl (C=O) groups excluding carboxylic acids is 1. The molecule has 0 bridgehead atoms. The number of likely N-dealkylation sites (N-methyl/N-ethyl adjacent to an activating group) is 1. The zero-order valence-electron chi connectivity index (χ0n) is 13.9. The third-order valence-corrected chi connectivity index (χ3v) is 6.62. The number of methoxy groups -OCH3 is 1. The zero-order valence-corrected chi connectivity index (χ0v) is 14.7. The van der Waals surface area contributed by atoms with E-state index < -0.39 is 5.54 Å². The number of carbonyl (C=O) groups is 1. The Labute approximate surface area is 146 Å². The molecule has 3 aliphatic rings. The summed E-state index contributed by atoms with van der Waals surface area (Å²) < 4.78 is 19.5. The van der Waals surface area contributed by atoms with E-state index in [2.05, 4.69) is 5.32 Å². The summed E-state index contributed by atoms with van der Waals surface area (Å²) in [5.74, 6) is -0.376. The molecule has 4 rings (SSSR count). The highest BCUT2D eigenvalue weighted by Gasteiger charge is 2.66. The van der Waals surface area contributed by atoms with Gasteiger partial charge in [-0.1, -0.05) is 6.07 Å². The van der Waals surface area contributed by atoms with Gasteiger partial charge in [0.05, 0.1) is 6.10 Å². The normalized spacial score (nSPS) is 35.0. The Morgan fingerprint density at radius 1 is 1.38 bits per heavy atom. The number of ether oxygens (including phenoxy) is 1. The maximum Gasteiger partial charge on any atom is 0.259 e. The van der Waals surface area contributed by atoms with Crippen LogP contribution in [0.2, 0.25) is 0 Å². The number of nitrogens with zero attached hydrogens (tertiary/aromatic N) is 1. The van der Waals surface area contributed by atoms with Gasteiger partial charge in [-0.3, -0.25) is 9.69 Å². The zero-order chi connectivity index (χ0) is 17.1. The quantitative estimate of drug-likeness (QED) is 0.792. The Hall–Kier alpha value is -1.53. The molecule has 24 heavy (non-hydrogen) atoms. The van der Waals surface area contributed by atoms with Crippen molar-refractivity contribution < 1.29 is 13.9 Å². The lowest BCUT2D eigenvalue weighted by atomic mass is 9.61. The Morgan fingerprint density at radius 3 is 2.67 bits per heavy atom. The van der Waals surface area contributed by atoms with Crippen LogP contribution in [0.1, 0.15) is 36.8 Å². The van der Waals surface area contributed by atoms with Gasteiger partial charge in [-0.2, -0.15) is 0 Å². The van der Waals surface area contributed by atoms with Gasteiger partial charge in [0, 0.05) is 19.6 Å². The third kappa shape index (κ3) is 1.87. The van der Waals surface area contributed by atoms with Gasteiger partial charge in [0.2, 0.25) is 0 Å². The van der Waals surface area contributed by atoms with Gasteiger partial charge < -0.3 is 10.1 Å². The first-order valence-corrected chi connectivity index (χ1v) is 8.76. The van der Waals surface area contributed by atoms with Gasteiger partial charge >= 0.3 is 0 Å². The summed E-state index contributed by atoms with van der Waals surface area (Å²) in [7, 11) is 3.43. The van der Waals surface area contributed by atoms with E-state index in [0.29, 0.717) is 5.11 Å². The average molecular weight is 348 g/mol. The highest BCUT2D eigenvalue weighted by molar-refractivity contribution is 7.80. The predicted molar refractivity (Wildman–Crippen MR) is 92.0 cm³/mol. The van der Waals surface area contributed by atoms with E-state index in [1.54, 1.807) is 14.2 Å². The van der Waals surface area contributed by atoms with Gasteiger partial charge in [0.25, 0.3) is 5.91 Å². The van der Waals surface area contributed by atoms with Crippen LogP contribution in [-0.4, -0.2) is 36.2 Å². The van der Waals surface area contributed by atoms with E-state index in [1.165, 1.54) is 17.0 Å². The van der Waals surface area contributed by atoms with E-state index in [-0.39, 0.29) is 23.2 Å². The average Bonchev–Trinajstić information content (AvgIpc) is 2.97. The number of hydrogen-bond donors (Lipinski definition) is 1. The molecular weight excluding hydrogens is 327 g/mol. The summed E-state index contributed by atoms with van der Waals surface area (Å²) in [6.07, 6.45) is 4.53. The molecule has 1 saturated carbocycles. The maximum absolute atomic E-state index is 14.0. The molecule has 1 unspecified atom stereocenters. The first-order valence-electron chi connectivity index (χ1n) is 8.35. The number of amides is 1. The van der Waals surface area contributed by atoms with Crippen molar-refractivity contribution in [1.29, 1.82) is 0 Å². The minimum atomic E-state index is -0.936. The standard InChI is InChI=1S/C18H21FN2O2S/c1-21-15(22)18(20-16(21)24)14-9-12(19)4-3-11(14)10-17(18)7-5-13(23-2)6-8-17/h3-4,9,13H,5-8,10H2,1-2H3,(H,20,24). The smallest absolute Gasteiger partial charge is 0.259 e. The molecule has 2 spiro atoms. The molecule has 1 N–H and O–H groups in total. The van der Waals surface area contributed by atoms with E-state index in [1.807, 2.05) is 6.07 Å². The van der Waals surface area contributed by atoms with Crippen molar-refractivity contribution in [1.82, 2.24) is 10.2 Å². The molecule has 1 heterocycles. The first kappa shape index (κ1) is 16.0. The SMILES string of the molecule is COC1CCC2(CC1)Cc1ccc(F)cc1C21NC(=S)N(C)C1=O. The molecule has 2 fully saturated rings. The molecule has 1 amide bonds. The second-order valence-corrected chi connectivity index (χ2v) is 7.62. The molecule has 1 atom stereocenters. The van der Waals surface area contributed by atoms with E-state index >= 15 is 0 Å². The molecular formula is C18H21FN2O2S. The summed E-state index contributed by atoms with van der Waals surface area (Å²) in [4.78, 5) is 14.8. The number of thiocarbonyl (C=S) groups is 1. The van der Waals surface area contributed by atoms with Crippen molar-refractivity contribution in [2.24, 2.45) is 5.41 Å². The van der Waals surface area contributed by atoms with Crippen molar-refractivity contribution in [2.75, 3.05) is 14.2 Å². The van der Waals surface area contributed by atoms with Gasteiger partial charge in [0.1, 0.15) is 5.82 Å². The van der Waals surface area contributed by atoms with Crippen LogP contribution >= 0.6 is 12.2 Å². The molecule has 128 valence electrons. The minimum Gasteiger partial charge on any atom is -0.381 e. The fraction of sp³-hybridized carbons (Fsp3) is 0.556. The molecule has 2 aliphatic carbocycles. The van der Waals surface area contributed by atoms with Crippen molar-refractivity contribution in [3.63, 3.8) is 0 Å². The number of halogens is 1. The van der Waals surface area contributed by atoms with E-state index in [0.717, 1.165) is 43.2 Å². The molecule has 1 aromatic carbocycles. The summed E-state index contributed by atoms with van der Waals surface area (Å²) in [6, 6.07) is 4.81. The molecule has 1 aliphatic heterocycles. The molecule has 0 aromatic heterocycles. The van der Waals surface area contributed by atoms with E-state index in [9.17, 15) is 9.18 Å². The van der Waals surface area contributed by atoms with Gasteiger partial charge in [0.15, 0.2) is 10.7 Å². The Balaban J connectivity index is 1.87. The summed E-state index contributed by atoms with van der Waals surface area (Å²) >= 11 is 5.36. The molecule has 6 heteroatoms. The monoisotopic (exact) mass is 348 g/mol. The Morgan fingerprint density at radius 2 is 2.08 bits per heavy atom. The summed E-state index contributed by atoms with van der Waals surface area (Å²) in [5.41, 5.74) is 0.597. The van der Waals surface area contributed by atoms with Crippen LogP contribution in [0.15, 0.2) is 18.2 Å². The lowest BCUT2D eigenvalue weighted by molar-refractivity contribution is -0.137. The van der Waals surface area contributed by atoms with Crippen LogP contribution in [0, 0.1) is 11.2 Å². The molecule has 1 saturated heterocycles. The van der Waals surface area contributed by atoms with Gasteiger partial charge in [-0.25, -0.2) is 4.39 Å².